The summed E-state index contributed by atoms with van der Waals surface area (Å²) in [6.45, 7) is 1.72. The number of nitrogens with one attached hydrogen (secondary N) is 2. The van der Waals surface area contributed by atoms with Gasteiger partial charge in [0.05, 0.1) is 11.5 Å². The number of ether oxygens (including phenoxy) is 1. The fraction of sp³-hybridized carbons (Fsp3) is 0.538. The summed E-state index contributed by atoms with van der Waals surface area (Å²) in [6.07, 6.45) is 1.67. The molecule has 1 saturated heterocycles. The Kier molecular flexibility index (Phi) is 5.40. The van der Waals surface area contributed by atoms with Crippen LogP contribution in [0.4, 0.5) is 0 Å². The van der Waals surface area contributed by atoms with Crippen LogP contribution in [0.25, 0.3) is 0 Å². The van der Waals surface area contributed by atoms with Gasteiger partial charge >= 0.3 is 0 Å². The Morgan fingerprint density at radius 3 is 2.85 bits per heavy atom. The second kappa shape index (κ2) is 6.87. The topological polar surface area (TPSA) is 67.4 Å². The summed E-state index contributed by atoms with van der Waals surface area (Å²) in [5.41, 5.74) is 0.870. The lowest BCUT2D eigenvalue weighted by molar-refractivity contribution is 0.0774. The fourth-order valence-electron chi connectivity index (χ4n) is 2.15. The van der Waals surface area contributed by atoms with Crippen LogP contribution in [-0.4, -0.2) is 34.7 Å². The number of rotatable bonds is 5. The van der Waals surface area contributed by atoms with Crippen molar-refractivity contribution in [2.75, 3.05) is 20.3 Å². The van der Waals surface area contributed by atoms with E-state index < -0.39 is 10.0 Å². The number of hydrogen-bond donors (Lipinski definition) is 2. The molecule has 0 amide bonds. The molecule has 0 aromatic heterocycles. The summed E-state index contributed by atoms with van der Waals surface area (Å²) in [5.74, 6) is 0. The molecule has 112 valence electrons. The molecule has 2 rings (SSSR count). The van der Waals surface area contributed by atoms with Gasteiger partial charge in [0.1, 0.15) is 0 Å². The quantitative estimate of drug-likeness (QED) is 0.863. The van der Waals surface area contributed by atoms with E-state index in [0.29, 0.717) is 24.8 Å². The summed E-state index contributed by atoms with van der Waals surface area (Å²) < 4.78 is 32.5. The predicted molar refractivity (Wildman–Crippen MR) is 78.4 cm³/mol. The van der Waals surface area contributed by atoms with Gasteiger partial charge < -0.3 is 10.1 Å². The summed E-state index contributed by atoms with van der Waals surface area (Å²) in [5, 5.41) is 3.43. The molecule has 1 aliphatic rings. The second-order valence-corrected chi connectivity index (χ2v) is 6.94. The molecular formula is C13H19ClN2O3S. The molecule has 1 heterocycles. The lowest BCUT2D eigenvalue weighted by Gasteiger charge is -2.23. The van der Waals surface area contributed by atoms with E-state index in [2.05, 4.69) is 10.0 Å². The molecule has 1 unspecified atom stereocenters. The maximum Gasteiger partial charge on any atom is 0.240 e. The van der Waals surface area contributed by atoms with Gasteiger partial charge in [0, 0.05) is 24.2 Å². The molecule has 2 N–H and O–H groups in total. The summed E-state index contributed by atoms with van der Waals surface area (Å²) in [4.78, 5) is 0.188. The van der Waals surface area contributed by atoms with Gasteiger partial charge in [-0.1, -0.05) is 17.7 Å². The van der Waals surface area contributed by atoms with E-state index in [9.17, 15) is 8.42 Å². The van der Waals surface area contributed by atoms with Gasteiger partial charge in [-0.15, -0.1) is 0 Å². The van der Waals surface area contributed by atoms with Crippen LogP contribution < -0.4 is 10.0 Å². The van der Waals surface area contributed by atoms with Crippen molar-refractivity contribution in [1.29, 1.82) is 0 Å². The smallest absolute Gasteiger partial charge is 0.240 e. The van der Waals surface area contributed by atoms with E-state index in [1.165, 1.54) is 6.07 Å². The molecule has 1 aromatic rings. The van der Waals surface area contributed by atoms with Crippen LogP contribution in [-0.2, 0) is 21.3 Å². The minimum Gasteiger partial charge on any atom is -0.380 e. The maximum absolute atomic E-state index is 12.3. The van der Waals surface area contributed by atoms with Crippen LogP contribution in [0.3, 0.4) is 0 Å². The van der Waals surface area contributed by atoms with Crippen molar-refractivity contribution >= 4 is 21.6 Å². The average molecular weight is 319 g/mol. The van der Waals surface area contributed by atoms with Gasteiger partial charge in [-0.2, -0.15) is 0 Å². The molecule has 0 aliphatic carbocycles. The van der Waals surface area contributed by atoms with Crippen LogP contribution in [0.1, 0.15) is 18.4 Å². The molecule has 0 bridgehead atoms. The summed E-state index contributed by atoms with van der Waals surface area (Å²) in [7, 11) is -1.74. The maximum atomic E-state index is 12.3. The summed E-state index contributed by atoms with van der Waals surface area (Å²) in [6, 6.07) is 4.62. The van der Waals surface area contributed by atoms with Crippen LogP contribution in [0.5, 0.6) is 0 Å². The molecule has 0 radical (unpaired) electrons. The second-order valence-electron chi connectivity index (χ2n) is 4.82. The Morgan fingerprint density at radius 2 is 2.25 bits per heavy atom. The number of sulfonamides is 1. The minimum absolute atomic E-state index is 0.162. The van der Waals surface area contributed by atoms with E-state index in [-0.39, 0.29) is 10.9 Å². The van der Waals surface area contributed by atoms with E-state index in [1.807, 2.05) is 7.05 Å². The van der Waals surface area contributed by atoms with Gasteiger partial charge in [0.15, 0.2) is 0 Å². The van der Waals surface area contributed by atoms with E-state index >= 15 is 0 Å². The molecule has 1 aromatic carbocycles. The average Bonchev–Trinajstić information content (AvgIpc) is 2.42. The Bertz CT molecular complexity index is 557. The van der Waals surface area contributed by atoms with Crippen molar-refractivity contribution in [2.45, 2.75) is 30.3 Å². The van der Waals surface area contributed by atoms with E-state index in [0.717, 1.165) is 18.4 Å². The lowest BCUT2D eigenvalue weighted by Crippen LogP contribution is -2.40. The molecule has 7 heteroatoms. The van der Waals surface area contributed by atoms with E-state index in [4.69, 9.17) is 16.3 Å². The molecule has 1 fully saturated rings. The van der Waals surface area contributed by atoms with Gasteiger partial charge in [-0.25, -0.2) is 13.1 Å². The van der Waals surface area contributed by atoms with Crippen molar-refractivity contribution in [2.24, 2.45) is 0 Å². The largest absolute Gasteiger partial charge is 0.380 e. The van der Waals surface area contributed by atoms with Crippen molar-refractivity contribution in [1.82, 2.24) is 10.0 Å². The molecule has 5 nitrogen and oxygen atoms in total. The molecule has 1 atom stereocenters. The van der Waals surface area contributed by atoms with Crippen LogP contribution in [0.15, 0.2) is 23.1 Å². The zero-order chi connectivity index (χ0) is 14.6. The number of benzene rings is 1. The Morgan fingerprint density at radius 1 is 1.45 bits per heavy atom. The highest BCUT2D eigenvalue weighted by Gasteiger charge is 2.22. The third-order valence-corrected chi connectivity index (χ3v) is 5.05. The highest BCUT2D eigenvalue weighted by molar-refractivity contribution is 7.89. The third-order valence-electron chi connectivity index (χ3n) is 3.18. The van der Waals surface area contributed by atoms with Gasteiger partial charge in [-0.05, 0) is 37.6 Å². The first kappa shape index (κ1) is 15.7. The van der Waals surface area contributed by atoms with Gasteiger partial charge in [0.25, 0.3) is 0 Å². The molecule has 0 spiro atoms. The van der Waals surface area contributed by atoms with Crippen LogP contribution in [0.2, 0.25) is 5.02 Å². The monoisotopic (exact) mass is 318 g/mol. The highest BCUT2D eigenvalue weighted by atomic mass is 35.5. The first-order valence-corrected chi connectivity index (χ1v) is 8.42. The molecule has 0 saturated carbocycles. The third kappa shape index (κ3) is 3.93. The fourth-order valence-corrected chi connectivity index (χ4v) is 3.74. The zero-order valence-electron chi connectivity index (χ0n) is 11.4. The van der Waals surface area contributed by atoms with Crippen molar-refractivity contribution < 1.29 is 13.2 Å². The molecular weight excluding hydrogens is 300 g/mol. The SMILES string of the molecule is CNCc1ccc(S(=O)(=O)NC2CCCOC2)cc1Cl. The molecule has 20 heavy (non-hydrogen) atoms. The van der Waals surface area contributed by atoms with Crippen molar-refractivity contribution in [3.63, 3.8) is 0 Å². The first-order chi connectivity index (χ1) is 9.53. The van der Waals surface area contributed by atoms with Crippen LogP contribution in [0, 0.1) is 0 Å². The Hall–Kier alpha value is -0.660. The van der Waals surface area contributed by atoms with Crippen molar-refractivity contribution in [3.8, 4) is 0 Å². The molecule has 1 aliphatic heterocycles. The number of halogens is 1. The van der Waals surface area contributed by atoms with Gasteiger partial charge in [0.2, 0.25) is 10.0 Å². The normalized spacial score (nSPS) is 20.0. The Balaban J connectivity index is 2.14. The number of hydrogen-bond acceptors (Lipinski definition) is 4. The van der Waals surface area contributed by atoms with E-state index in [1.54, 1.807) is 12.1 Å². The predicted octanol–water partition coefficient (Wildman–Crippen LogP) is 1.52. The van der Waals surface area contributed by atoms with Crippen molar-refractivity contribution in [3.05, 3.63) is 28.8 Å². The van der Waals surface area contributed by atoms with Gasteiger partial charge in [-0.3, -0.25) is 0 Å². The zero-order valence-corrected chi connectivity index (χ0v) is 12.9. The van der Waals surface area contributed by atoms with Crippen LogP contribution >= 0.6 is 11.6 Å². The Labute approximate surface area is 124 Å². The standard InChI is InChI=1S/C13H19ClN2O3S/c1-15-8-10-4-5-12(7-13(10)14)20(17,18)16-11-3-2-6-19-9-11/h4-5,7,11,15-16H,2-3,6,8-9H2,1H3. The minimum atomic E-state index is -3.55. The highest BCUT2D eigenvalue weighted by Crippen LogP contribution is 2.21. The first-order valence-electron chi connectivity index (χ1n) is 6.56. The summed E-state index contributed by atoms with van der Waals surface area (Å²) >= 11 is 6.10. The lowest BCUT2D eigenvalue weighted by atomic mass is 10.1.